The van der Waals surface area contributed by atoms with Gasteiger partial charge in [0.1, 0.15) is 34.6 Å². The highest BCUT2D eigenvalue weighted by Gasteiger charge is 2.32. The summed E-state index contributed by atoms with van der Waals surface area (Å²) < 4.78 is 21.1. The van der Waals surface area contributed by atoms with E-state index in [0.29, 0.717) is 21.8 Å². The van der Waals surface area contributed by atoms with Gasteiger partial charge in [-0.05, 0) is 243 Å². The summed E-state index contributed by atoms with van der Waals surface area (Å²) in [5, 5.41) is 3.69. The predicted octanol–water partition coefficient (Wildman–Crippen LogP) is 22.1. The summed E-state index contributed by atoms with van der Waals surface area (Å²) in [7, 11) is 0.741. The third-order valence-electron chi connectivity index (χ3n) is 20.6. The standard InChI is InChI=1S/C26H31S.C21H21S.C20H19S.C14H15S.C13H12I.C12H9ClI.C12H9FI/c1-25(2,3)20-12-16-23(17-13-20)27(22-10-8-7-9-11-22)24-18-14-21(15-19-24)26(4,5)6;1-4-10-19(11-5-1)16-22(17-20-12-6-2-7-13-20)18-21-14-8-3-9-15-21;1-16-8-12-19(13-9-16)21(18-6-4-3-5-7-18)20-14-10-17(2)11-15-20;1-2-8-13-12(6-1)7-5-9-14(13)15-10-3-4-11-15;1-11-7-9-13(10-8-11)14-12-5-3-2-4-6-12;2*13-10-6-8-12(9-7-10)14-11-4-2-1-3-5-11/h7-19H,1-6H3;1-15H,16-18H2;3-15H,1-2H3;1-2,5-9H,3-4,10-11H2;2-10H,1H3;2*1-9H/q7*+1. The average Bonchev–Trinajstić information content (AvgIpc) is 1.12. The van der Waals surface area contributed by atoms with Crippen molar-refractivity contribution in [2.24, 2.45) is 0 Å². The molecule has 127 heavy (non-hydrogen) atoms. The van der Waals surface area contributed by atoms with E-state index in [1.54, 1.807) is 4.90 Å². The highest BCUT2D eigenvalue weighted by molar-refractivity contribution is 7.97. The second kappa shape index (κ2) is 51.3. The zero-order valence-electron chi connectivity index (χ0n) is 74.3. The lowest BCUT2D eigenvalue weighted by atomic mass is 9.87. The van der Waals surface area contributed by atoms with Gasteiger partial charge in [0.25, 0.3) is 0 Å². The number of rotatable bonds is 19. The maximum atomic E-state index is 12.6. The lowest BCUT2D eigenvalue weighted by molar-refractivity contribution is -0.597. The minimum atomic E-state index is -0.161. The lowest BCUT2D eigenvalue weighted by Gasteiger charge is -2.20. The molecule has 0 amide bonds. The van der Waals surface area contributed by atoms with Crippen LogP contribution in [-0.2, 0) is 71.7 Å². The Balaban J connectivity index is 0.000000136. The molecule has 1 aliphatic heterocycles. The van der Waals surface area contributed by atoms with Crippen LogP contribution in [0, 0.1) is 48.0 Å². The van der Waals surface area contributed by atoms with E-state index >= 15 is 0 Å². The Labute approximate surface area is 806 Å². The summed E-state index contributed by atoms with van der Waals surface area (Å²) in [5.41, 5.74) is 11.4. The average molecular weight is 2100 g/mol. The second-order valence-corrected chi connectivity index (χ2v) is 50.8. The number of hydrogen-bond donors (Lipinski definition) is 0. The molecule has 0 saturated carbocycles. The summed E-state index contributed by atoms with van der Waals surface area (Å²) in [5.74, 6) is 6.13. The zero-order chi connectivity index (χ0) is 88.8. The third-order valence-corrected chi connectivity index (χ3v) is 38.1. The van der Waals surface area contributed by atoms with E-state index in [1.807, 2.05) is 42.5 Å². The van der Waals surface area contributed by atoms with Gasteiger partial charge in [-0.1, -0.05) is 343 Å². The molecule has 17 aromatic rings. The van der Waals surface area contributed by atoms with Crippen LogP contribution in [0.5, 0.6) is 0 Å². The minimum absolute atomic E-state index is 0.0159. The fourth-order valence-corrected chi connectivity index (χ4v) is 29.5. The maximum absolute atomic E-state index is 12.6. The van der Waals surface area contributed by atoms with Gasteiger partial charge in [0.2, 0.25) is 0 Å². The van der Waals surface area contributed by atoms with Gasteiger partial charge < -0.3 is 0 Å². The molecule has 640 valence electrons. The summed E-state index contributed by atoms with van der Waals surface area (Å²) >= 11 is 5.65. The van der Waals surface area contributed by atoms with Gasteiger partial charge in [-0.25, -0.2) is 4.39 Å². The third kappa shape index (κ3) is 32.8. The van der Waals surface area contributed by atoms with E-state index in [-0.39, 0.29) is 102 Å². The van der Waals surface area contributed by atoms with Gasteiger partial charge in [0.15, 0.2) is 55.7 Å². The molecule has 0 atom stereocenters. The fraction of sp³-hybridized carbons (Fsp3) is 0.153. The van der Waals surface area contributed by atoms with Crippen LogP contribution in [0.2, 0.25) is 5.02 Å². The first-order chi connectivity index (χ1) is 61.8. The van der Waals surface area contributed by atoms with Gasteiger partial charge >= 0.3 is 63.6 Å². The fourth-order valence-electron chi connectivity index (χ4n) is 13.8. The molecule has 17 aromatic carbocycles. The van der Waals surface area contributed by atoms with Gasteiger partial charge in [0, 0.05) is 48.9 Å². The molecular weight excluding hydrogens is 1980 g/mol. The maximum Gasteiger partial charge on any atom is 0.357 e. The normalized spacial score (nSPS) is 11.7. The van der Waals surface area contributed by atoms with Crippen molar-refractivity contribution >= 4 is 66.0 Å². The Morgan fingerprint density at radius 2 is 0.535 bits per heavy atom. The van der Waals surface area contributed by atoms with E-state index in [2.05, 4.69) is 463 Å². The van der Waals surface area contributed by atoms with Gasteiger partial charge in [-0.15, -0.1) is 0 Å². The number of benzene rings is 17. The Kier molecular flexibility index (Phi) is 39.1. The van der Waals surface area contributed by atoms with E-state index in [0.717, 1.165) is 22.3 Å². The summed E-state index contributed by atoms with van der Waals surface area (Å²) in [6, 6.07) is 162. The molecule has 18 rings (SSSR count). The Morgan fingerprint density at radius 3 is 0.874 bits per heavy atom. The van der Waals surface area contributed by atoms with Crippen molar-refractivity contribution < 1.29 is 68.0 Å². The van der Waals surface area contributed by atoms with Gasteiger partial charge in [-0.2, -0.15) is 0 Å². The Morgan fingerprint density at radius 1 is 0.276 bits per heavy atom. The van der Waals surface area contributed by atoms with Crippen LogP contribution in [0.1, 0.15) is 98.9 Å². The number of fused-ring (bicyclic) bond motifs is 1. The summed E-state index contributed by atoms with van der Waals surface area (Å²) in [6.07, 6.45) is 2.85. The first-order valence-corrected chi connectivity index (χ1v) is 55.9. The first kappa shape index (κ1) is 96.9. The molecule has 0 N–H and O–H groups in total. The van der Waals surface area contributed by atoms with Gasteiger partial charge in [-0.3, -0.25) is 0 Å². The van der Waals surface area contributed by atoms with Crippen LogP contribution in [0.3, 0.4) is 0 Å². The molecule has 0 spiro atoms. The van der Waals surface area contributed by atoms with E-state index in [4.69, 9.17) is 11.6 Å². The highest BCUT2D eigenvalue weighted by atomic mass is 127. The molecule has 1 saturated heterocycles. The van der Waals surface area contributed by atoms with E-state index in [1.165, 1.54) is 143 Å². The Bertz CT molecular complexity index is 5550. The number of aryl methyl sites for hydroxylation is 3. The molecule has 0 aromatic heterocycles. The summed E-state index contributed by atoms with van der Waals surface area (Å²) in [4.78, 5) is 9.82. The van der Waals surface area contributed by atoms with Crippen LogP contribution in [0.25, 0.3) is 10.8 Å². The van der Waals surface area contributed by atoms with Crippen molar-refractivity contribution in [1.82, 2.24) is 0 Å². The van der Waals surface area contributed by atoms with E-state index in [9.17, 15) is 4.39 Å². The van der Waals surface area contributed by atoms with Crippen LogP contribution in [0.15, 0.2) is 489 Å². The summed E-state index contributed by atoms with van der Waals surface area (Å²) in [6.45, 7) is 20.0. The first-order valence-electron chi connectivity index (χ1n) is 43.3. The smallest absolute Gasteiger partial charge is 0.207 e. The molecule has 0 aliphatic carbocycles. The molecule has 1 heterocycles. The molecular formula is C118H116ClFI3S4+7. The van der Waals surface area contributed by atoms with Crippen molar-refractivity contribution in [3.05, 3.63) is 532 Å². The van der Waals surface area contributed by atoms with Crippen molar-refractivity contribution in [2.75, 3.05) is 11.5 Å². The molecule has 0 bridgehead atoms. The van der Waals surface area contributed by atoms with Crippen LogP contribution in [-0.4, -0.2) is 11.5 Å². The molecule has 9 heteroatoms. The lowest BCUT2D eigenvalue weighted by Crippen LogP contribution is -3.61. The topological polar surface area (TPSA) is 0 Å². The monoisotopic (exact) mass is 2100 g/mol. The second-order valence-electron chi connectivity index (χ2n) is 32.8. The molecule has 0 radical (unpaired) electrons. The number of hydrogen-bond acceptors (Lipinski definition) is 0. The SMILES string of the molecule is CC(C)(C)c1ccc([S+](c2ccccc2)c2ccc(C(C)(C)C)cc2)cc1.Cc1ccc([I+]c2ccccc2)cc1.Cc1ccc([S+](c2ccccc2)c2ccc(C)cc2)cc1.Clc1ccc([I+]c2ccccc2)cc1.Fc1ccc([I+]c2ccccc2)cc1.c1ccc(C[S+](Cc2ccccc2)Cc2ccccc2)cc1.c1ccc2c([S+]3CCCC3)cccc2c1. The molecule has 1 fully saturated rings. The molecule has 1 aliphatic rings. The van der Waals surface area contributed by atoms with Crippen LogP contribution in [0.4, 0.5) is 4.39 Å². The van der Waals surface area contributed by atoms with Crippen LogP contribution >= 0.6 is 11.6 Å². The van der Waals surface area contributed by atoms with Crippen molar-refractivity contribution in [1.29, 1.82) is 0 Å². The molecule has 0 nitrogen and oxygen atoms in total. The van der Waals surface area contributed by atoms with Crippen molar-refractivity contribution in [3.63, 3.8) is 0 Å². The van der Waals surface area contributed by atoms with Crippen LogP contribution < -0.4 is 63.6 Å². The largest absolute Gasteiger partial charge is 0.357 e. The number of halogens is 5. The van der Waals surface area contributed by atoms with E-state index < -0.39 is 0 Å². The van der Waals surface area contributed by atoms with Crippen molar-refractivity contribution in [3.8, 4) is 0 Å². The predicted molar refractivity (Wildman–Crippen MR) is 537 cm³/mol. The Hall–Kier alpha value is -9.19. The quantitative estimate of drug-likeness (QED) is 0.0559. The van der Waals surface area contributed by atoms with Crippen molar-refractivity contribution in [2.45, 2.75) is 138 Å². The van der Waals surface area contributed by atoms with Gasteiger partial charge in [0.05, 0.1) is 21.8 Å². The highest BCUT2D eigenvalue weighted by Crippen LogP contribution is 2.36. The zero-order valence-corrected chi connectivity index (χ0v) is 84.8. The molecule has 0 unspecified atom stereocenters. The minimum Gasteiger partial charge on any atom is -0.207 e.